The van der Waals surface area contributed by atoms with Gasteiger partial charge < -0.3 is 9.47 Å². The Morgan fingerprint density at radius 2 is 1.89 bits per heavy atom. The number of pyridine rings is 3. The number of hydrogen-bond acceptors (Lipinski definition) is 5. The van der Waals surface area contributed by atoms with Crippen molar-refractivity contribution in [2.24, 2.45) is 0 Å². The summed E-state index contributed by atoms with van der Waals surface area (Å²) >= 11 is 0. The van der Waals surface area contributed by atoms with Gasteiger partial charge in [-0.15, -0.1) is 0 Å². The highest BCUT2D eigenvalue weighted by molar-refractivity contribution is 5.68. The minimum absolute atomic E-state index is 0.296. The lowest BCUT2D eigenvalue weighted by Crippen LogP contribution is -2.21. The second kappa shape index (κ2) is 7.32. The summed E-state index contributed by atoms with van der Waals surface area (Å²) in [6, 6.07) is 13.9. The minimum atomic E-state index is -3.17. The Kier molecular flexibility index (Phi) is 4.70. The maximum atomic E-state index is 13.9. The fraction of sp³-hybridized carbons (Fsp3) is 0.150. The van der Waals surface area contributed by atoms with Gasteiger partial charge in [-0.25, -0.2) is 9.50 Å². The molecule has 0 aliphatic carbocycles. The van der Waals surface area contributed by atoms with Crippen LogP contribution in [-0.2, 0) is 10.7 Å². The van der Waals surface area contributed by atoms with Gasteiger partial charge in [0, 0.05) is 13.3 Å². The molecule has 0 radical (unpaired) electrons. The number of halogens is 2. The Morgan fingerprint density at radius 1 is 1.00 bits per heavy atom. The average Bonchev–Trinajstić information content (AvgIpc) is 3.18. The van der Waals surface area contributed by atoms with Crippen LogP contribution in [0.15, 0.2) is 67.1 Å². The summed E-state index contributed by atoms with van der Waals surface area (Å²) in [5.41, 5.74) is 2.05. The van der Waals surface area contributed by atoms with Crippen molar-refractivity contribution < 1.29 is 18.3 Å². The lowest BCUT2D eigenvalue weighted by atomic mass is 10.1. The van der Waals surface area contributed by atoms with Crippen molar-refractivity contribution in [3.63, 3.8) is 0 Å². The van der Waals surface area contributed by atoms with Crippen molar-refractivity contribution in [1.82, 2.24) is 19.6 Å². The molecular formula is C20H16F2N4O2. The molecular weight excluding hydrogens is 366 g/mol. The second-order valence-electron chi connectivity index (χ2n) is 6.05. The van der Waals surface area contributed by atoms with Gasteiger partial charge in [0.05, 0.1) is 29.2 Å². The molecule has 0 unspecified atom stereocenters. The molecule has 0 bridgehead atoms. The predicted octanol–water partition coefficient (Wildman–Crippen LogP) is 4.32. The van der Waals surface area contributed by atoms with Crippen LogP contribution in [0.2, 0.25) is 0 Å². The number of fused-ring (bicyclic) bond motifs is 1. The van der Waals surface area contributed by atoms with Gasteiger partial charge in [-0.1, -0.05) is 6.07 Å². The average molecular weight is 382 g/mol. The van der Waals surface area contributed by atoms with Crippen molar-refractivity contribution in [2.75, 3.05) is 13.7 Å². The van der Waals surface area contributed by atoms with E-state index in [0.29, 0.717) is 17.2 Å². The van der Waals surface area contributed by atoms with Crippen LogP contribution in [0, 0.1) is 0 Å². The molecule has 0 spiro atoms. The molecule has 8 heteroatoms. The molecule has 0 fully saturated rings. The lowest BCUT2D eigenvalue weighted by molar-refractivity contribution is -0.0731. The predicted molar refractivity (Wildman–Crippen MR) is 98.5 cm³/mol. The summed E-state index contributed by atoms with van der Waals surface area (Å²) < 4.78 is 39.9. The lowest BCUT2D eigenvalue weighted by Gasteiger charge is -2.15. The number of alkyl halides is 2. The number of methoxy groups -OCH3 is 1. The first kappa shape index (κ1) is 18.0. The van der Waals surface area contributed by atoms with Gasteiger partial charge in [0.25, 0.3) is 0 Å². The molecule has 0 aliphatic heterocycles. The van der Waals surface area contributed by atoms with E-state index < -0.39 is 12.5 Å². The highest BCUT2D eigenvalue weighted by atomic mass is 19.3. The van der Waals surface area contributed by atoms with Crippen LogP contribution in [0.25, 0.3) is 16.8 Å². The van der Waals surface area contributed by atoms with Gasteiger partial charge in [-0.2, -0.15) is 13.9 Å². The van der Waals surface area contributed by atoms with E-state index in [0.717, 1.165) is 11.2 Å². The van der Waals surface area contributed by atoms with E-state index >= 15 is 0 Å². The topological polar surface area (TPSA) is 61.5 Å². The van der Waals surface area contributed by atoms with Crippen molar-refractivity contribution in [3.05, 3.63) is 72.8 Å². The standard InChI is InChI=1S/C20H16F2N4O2/c1-27-13-20(21,22)18-8-7-15(12-24-18)28-19-16(5-3-10-23-19)17-6-2-4-14-9-11-25-26(14)17/h2-12H,13H2,1H3. The first-order chi connectivity index (χ1) is 13.6. The van der Waals surface area contributed by atoms with E-state index in [1.807, 2.05) is 30.3 Å². The maximum Gasteiger partial charge on any atom is 0.312 e. The molecule has 0 aliphatic rings. The molecule has 0 saturated heterocycles. The first-order valence-corrected chi connectivity index (χ1v) is 8.48. The number of hydrogen-bond donors (Lipinski definition) is 0. The van der Waals surface area contributed by atoms with Crippen LogP contribution in [0.4, 0.5) is 8.78 Å². The van der Waals surface area contributed by atoms with Crippen LogP contribution >= 0.6 is 0 Å². The Labute approximate surface area is 159 Å². The third kappa shape index (κ3) is 3.41. The number of ether oxygens (including phenoxy) is 2. The molecule has 0 aromatic carbocycles. The summed E-state index contributed by atoms with van der Waals surface area (Å²) in [7, 11) is 1.22. The molecule has 0 atom stereocenters. The van der Waals surface area contributed by atoms with Crippen LogP contribution in [0.3, 0.4) is 0 Å². The van der Waals surface area contributed by atoms with E-state index in [-0.39, 0.29) is 5.69 Å². The van der Waals surface area contributed by atoms with Gasteiger partial charge in [0.1, 0.15) is 18.1 Å². The molecule has 0 saturated carbocycles. The second-order valence-corrected chi connectivity index (χ2v) is 6.05. The summed E-state index contributed by atoms with van der Waals surface area (Å²) in [5.74, 6) is -2.55. The monoisotopic (exact) mass is 382 g/mol. The molecule has 4 heterocycles. The fourth-order valence-corrected chi connectivity index (χ4v) is 2.84. The largest absolute Gasteiger partial charge is 0.437 e. The molecule has 4 aromatic heterocycles. The Bertz CT molecular complexity index is 1100. The molecule has 4 aromatic rings. The Morgan fingerprint density at radius 3 is 2.68 bits per heavy atom. The van der Waals surface area contributed by atoms with Crippen LogP contribution in [-0.4, -0.2) is 33.3 Å². The Balaban J connectivity index is 1.66. The molecule has 6 nitrogen and oxygen atoms in total. The zero-order valence-corrected chi connectivity index (χ0v) is 14.9. The summed E-state index contributed by atoms with van der Waals surface area (Å²) in [6.07, 6.45) is 4.54. The summed E-state index contributed by atoms with van der Waals surface area (Å²) in [6.45, 7) is -0.738. The van der Waals surface area contributed by atoms with Gasteiger partial charge in [0.2, 0.25) is 5.88 Å². The number of rotatable bonds is 6. The fourth-order valence-electron chi connectivity index (χ4n) is 2.84. The van der Waals surface area contributed by atoms with Crippen LogP contribution < -0.4 is 4.74 Å². The summed E-state index contributed by atoms with van der Waals surface area (Å²) in [5, 5.41) is 4.33. The summed E-state index contributed by atoms with van der Waals surface area (Å²) in [4.78, 5) is 8.09. The van der Waals surface area contributed by atoms with Crippen LogP contribution in [0.1, 0.15) is 5.69 Å². The smallest absolute Gasteiger partial charge is 0.312 e. The zero-order chi connectivity index (χ0) is 19.6. The van der Waals surface area contributed by atoms with Gasteiger partial charge in [0.15, 0.2) is 0 Å². The third-order valence-corrected chi connectivity index (χ3v) is 4.12. The number of nitrogens with zero attached hydrogens (tertiary/aromatic N) is 4. The number of aromatic nitrogens is 4. The quantitative estimate of drug-likeness (QED) is 0.497. The van der Waals surface area contributed by atoms with E-state index in [4.69, 9.17) is 4.74 Å². The molecule has 4 rings (SSSR count). The maximum absolute atomic E-state index is 13.9. The SMILES string of the molecule is COCC(F)(F)c1ccc(Oc2ncccc2-c2cccc3ccnn23)cn1. The van der Waals surface area contributed by atoms with E-state index in [1.54, 1.807) is 23.0 Å². The highest BCUT2D eigenvalue weighted by Crippen LogP contribution is 2.32. The van der Waals surface area contributed by atoms with Crippen molar-refractivity contribution in [2.45, 2.75) is 5.92 Å². The van der Waals surface area contributed by atoms with Gasteiger partial charge in [-0.3, -0.25) is 4.98 Å². The molecule has 0 amide bonds. The van der Waals surface area contributed by atoms with Gasteiger partial charge in [-0.05, 0) is 42.5 Å². The normalized spacial score (nSPS) is 11.7. The first-order valence-electron chi connectivity index (χ1n) is 8.48. The van der Waals surface area contributed by atoms with Crippen molar-refractivity contribution in [3.8, 4) is 22.9 Å². The van der Waals surface area contributed by atoms with E-state index in [9.17, 15) is 8.78 Å². The van der Waals surface area contributed by atoms with Crippen molar-refractivity contribution >= 4 is 5.52 Å². The van der Waals surface area contributed by atoms with E-state index in [1.165, 1.54) is 25.4 Å². The molecule has 28 heavy (non-hydrogen) atoms. The zero-order valence-electron chi connectivity index (χ0n) is 14.9. The third-order valence-electron chi connectivity index (χ3n) is 4.12. The van der Waals surface area contributed by atoms with Crippen LogP contribution in [0.5, 0.6) is 11.6 Å². The van der Waals surface area contributed by atoms with Crippen molar-refractivity contribution in [1.29, 1.82) is 0 Å². The molecule has 0 N–H and O–H groups in total. The molecule has 142 valence electrons. The van der Waals surface area contributed by atoms with E-state index in [2.05, 4.69) is 19.8 Å². The highest BCUT2D eigenvalue weighted by Gasteiger charge is 2.33. The Hall–Kier alpha value is -3.39. The van der Waals surface area contributed by atoms with Gasteiger partial charge >= 0.3 is 5.92 Å². The minimum Gasteiger partial charge on any atom is -0.437 e.